The number of halogens is 1. The summed E-state index contributed by atoms with van der Waals surface area (Å²) in [4.78, 5) is 25.7. The van der Waals surface area contributed by atoms with Crippen LogP contribution in [0.4, 0.5) is 4.39 Å². The van der Waals surface area contributed by atoms with Crippen LogP contribution in [0.2, 0.25) is 0 Å². The SMILES string of the molecule is COc1ccc(C(O)=C2C(=O)C(=O)N(C)C2c2cccc(F)c2)cc1. The lowest BCUT2D eigenvalue weighted by atomic mass is 9.95. The first-order chi connectivity index (χ1) is 11.9. The van der Waals surface area contributed by atoms with Gasteiger partial charge in [-0.05, 0) is 42.0 Å². The van der Waals surface area contributed by atoms with E-state index in [4.69, 9.17) is 4.74 Å². The van der Waals surface area contributed by atoms with Gasteiger partial charge in [-0.3, -0.25) is 9.59 Å². The molecule has 1 fully saturated rings. The Hall–Kier alpha value is -3.15. The van der Waals surface area contributed by atoms with E-state index in [-0.39, 0.29) is 11.3 Å². The van der Waals surface area contributed by atoms with Crippen molar-refractivity contribution in [2.75, 3.05) is 14.2 Å². The Bertz CT molecular complexity index is 873. The van der Waals surface area contributed by atoms with E-state index in [1.54, 1.807) is 30.3 Å². The smallest absolute Gasteiger partial charge is 0.295 e. The van der Waals surface area contributed by atoms with Gasteiger partial charge in [0.15, 0.2) is 0 Å². The van der Waals surface area contributed by atoms with Crippen LogP contribution in [0, 0.1) is 5.82 Å². The standard InChI is InChI=1S/C19H16FNO4/c1-21-16(12-4-3-5-13(20)10-12)15(18(23)19(21)24)17(22)11-6-8-14(25-2)9-7-11/h3-10,16,22H,1-2H3. The number of ether oxygens (including phenoxy) is 1. The molecule has 1 saturated heterocycles. The Morgan fingerprint density at radius 1 is 1.16 bits per heavy atom. The van der Waals surface area contributed by atoms with Gasteiger partial charge in [0.25, 0.3) is 11.7 Å². The number of nitrogens with zero attached hydrogens (tertiary/aromatic N) is 1. The fourth-order valence-corrected chi connectivity index (χ4v) is 2.92. The molecule has 128 valence electrons. The van der Waals surface area contributed by atoms with E-state index in [9.17, 15) is 19.1 Å². The summed E-state index contributed by atoms with van der Waals surface area (Å²) >= 11 is 0. The second-order valence-corrected chi connectivity index (χ2v) is 5.69. The Morgan fingerprint density at radius 3 is 2.44 bits per heavy atom. The van der Waals surface area contributed by atoms with Crippen molar-refractivity contribution in [1.82, 2.24) is 4.90 Å². The maximum absolute atomic E-state index is 13.6. The second kappa shape index (κ2) is 6.39. The highest BCUT2D eigenvalue weighted by molar-refractivity contribution is 6.46. The molecule has 5 nitrogen and oxygen atoms in total. The number of Topliss-reactive ketones (excluding diaryl/α,β-unsaturated/α-hetero) is 1. The van der Waals surface area contributed by atoms with Gasteiger partial charge in [-0.25, -0.2) is 4.39 Å². The molecule has 0 radical (unpaired) electrons. The fraction of sp³-hybridized carbons (Fsp3) is 0.158. The number of likely N-dealkylation sites (N-methyl/N-ethyl adjacent to an activating group) is 1. The van der Waals surface area contributed by atoms with Crippen molar-refractivity contribution in [3.63, 3.8) is 0 Å². The molecular weight excluding hydrogens is 325 g/mol. The van der Waals surface area contributed by atoms with Crippen molar-refractivity contribution >= 4 is 17.4 Å². The number of carbonyl (C=O) groups excluding carboxylic acids is 2. The van der Waals surface area contributed by atoms with E-state index in [0.717, 1.165) is 0 Å². The van der Waals surface area contributed by atoms with Gasteiger partial charge in [-0.15, -0.1) is 0 Å². The molecule has 3 rings (SSSR count). The average Bonchev–Trinajstić information content (AvgIpc) is 2.85. The van der Waals surface area contributed by atoms with Gasteiger partial charge in [0, 0.05) is 12.6 Å². The Labute approximate surface area is 144 Å². The molecule has 1 aliphatic heterocycles. The molecule has 2 aromatic rings. The maximum atomic E-state index is 13.6. The number of carbonyl (C=O) groups is 2. The van der Waals surface area contributed by atoms with Crippen LogP contribution in [0.1, 0.15) is 17.2 Å². The topological polar surface area (TPSA) is 66.8 Å². The molecule has 0 aliphatic carbocycles. The highest BCUT2D eigenvalue weighted by Crippen LogP contribution is 2.38. The predicted molar refractivity (Wildman–Crippen MR) is 89.5 cm³/mol. The highest BCUT2D eigenvalue weighted by Gasteiger charge is 2.44. The first kappa shape index (κ1) is 16.7. The second-order valence-electron chi connectivity index (χ2n) is 5.69. The molecule has 1 atom stereocenters. The monoisotopic (exact) mass is 341 g/mol. The number of aliphatic hydroxyl groups excluding tert-OH is 1. The minimum Gasteiger partial charge on any atom is -0.507 e. The van der Waals surface area contributed by atoms with Crippen LogP contribution in [-0.2, 0) is 9.59 Å². The van der Waals surface area contributed by atoms with Crippen molar-refractivity contribution in [3.8, 4) is 5.75 Å². The molecule has 0 saturated carbocycles. The van der Waals surface area contributed by atoms with Crippen LogP contribution < -0.4 is 4.74 Å². The van der Waals surface area contributed by atoms with Gasteiger partial charge in [-0.2, -0.15) is 0 Å². The zero-order chi connectivity index (χ0) is 18.1. The van der Waals surface area contributed by atoms with E-state index in [2.05, 4.69) is 0 Å². The van der Waals surface area contributed by atoms with Gasteiger partial charge in [0.1, 0.15) is 17.3 Å². The van der Waals surface area contributed by atoms with Crippen LogP contribution in [0.3, 0.4) is 0 Å². The minimum absolute atomic E-state index is 0.0664. The van der Waals surface area contributed by atoms with Crippen LogP contribution in [0.15, 0.2) is 54.1 Å². The highest BCUT2D eigenvalue weighted by atomic mass is 19.1. The third kappa shape index (κ3) is 2.87. The minimum atomic E-state index is -0.849. The molecule has 25 heavy (non-hydrogen) atoms. The maximum Gasteiger partial charge on any atom is 0.295 e. The normalized spacial score (nSPS) is 19.3. The van der Waals surface area contributed by atoms with Crippen LogP contribution >= 0.6 is 0 Å². The van der Waals surface area contributed by atoms with Gasteiger partial charge in [0.05, 0.1) is 18.7 Å². The van der Waals surface area contributed by atoms with E-state index < -0.39 is 23.5 Å². The number of aliphatic hydroxyl groups is 1. The number of benzene rings is 2. The van der Waals surface area contributed by atoms with E-state index in [1.165, 1.54) is 37.3 Å². The molecule has 0 spiro atoms. The zero-order valence-electron chi connectivity index (χ0n) is 13.7. The molecule has 6 heteroatoms. The number of methoxy groups -OCH3 is 1. The molecule has 1 N–H and O–H groups in total. The molecule has 2 aromatic carbocycles. The molecule has 1 heterocycles. The number of hydrogen-bond acceptors (Lipinski definition) is 4. The first-order valence-electron chi connectivity index (χ1n) is 7.58. The Kier molecular flexibility index (Phi) is 4.27. The predicted octanol–water partition coefficient (Wildman–Crippen LogP) is 2.89. The van der Waals surface area contributed by atoms with Gasteiger partial charge >= 0.3 is 0 Å². The zero-order valence-corrected chi connectivity index (χ0v) is 13.7. The fourth-order valence-electron chi connectivity index (χ4n) is 2.92. The van der Waals surface area contributed by atoms with Gasteiger partial charge < -0.3 is 14.7 Å². The molecule has 0 bridgehead atoms. The lowest BCUT2D eigenvalue weighted by Gasteiger charge is -2.21. The molecular formula is C19H16FNO4. The average molecular weight is 341 g/mol. The van der Waals surface area contributed by atoms with E-state index in [1.807, 2.05) is 0 Å². The van der Waals surface area contributed by atoms with Crippen molar-refractivity contribution < 1.29 is 23.8 Å². The summed E-state index contributed by atoms with van der Waals surface area (Å²) in [5.74, 6) is -1.75. The summed E-state index contributed by atoms with van der Waals surface area (Å²) in [5.41, 5.74) is 0.716. The molecule has 1 aliphatic rings. The van der Waals surface area contributed by atoms with Crippen molar-refractivity contribution in [2.24, 2.45) is 0 Å². The van der Waals surface area contributed by atoms with Crippen LogP contribution in [0.5, 0.6) is 5.75 Å². The molecule has 0 aromatic heterocycles. The lowest BCUT2D eigenvalue weighted by Crippen LogP contribution is -2.24. The van der Waals surface area contributed by atoms with Crippen molar-refractivity contribution in [3.05, 3.63) is 71.0 Å². The number of hydrogen-bond donors (Lipinski definition) is 1. The third-order valence-electron chi connectivity index (χ3n) is 4.20. The number of likely N-dealkylation sites (tertiary alicyclic amines) is 1. The quantitative estimate of drug-likeness (QED) is 0.530. The Morgan fingerprint density at radius 2 is 1.84 bits per heavy atom. The summed E-state index contributed by atoms with van der Waals surface area (Å²) < 4.78 is 18.7. The summed E-state index contributed by atoms with van der Waals surface area (Å²) in [6, 6.07) is 11.2. The summed E-state index contributed by atoms with van der Waals surface area (Å²) in [6.07, 6.45) is 0. The van der Waals surface area contributed by atoms with Crippen molar-refractivity contribution in [1.29, 1.82) is 0 Å². The number of ketones is 1. The first-order valence-corrected chi connectivity index (χ1v) is 7.58. The van der Waals surface area contributed by atoms with E-state index >= 15 is 0 Å². The summed E-state index contributed by atoms with van der Waals surface area (Å²) in [6.45, 7) is 0. The van der Waals surface area contributed by atoms with Crippen LogP contribution in [0.25, 0.3) is 5.76 Å². The molecule has 1 unspecified atom stereocenters. The number of rotatable bonds is 3. The largest absolute Gasteiger partial charge is 0.507 e. The van der Waals surface area contributed by atoms with Crippen LogP contribution in [-0.4, -0.2) is 35.9 Å². The molecule has 1 amide bonds. The van der Waals surface area contributed by atoms with Gasteiger partial charge in [-0.1, -0.05) is 12.1 Å². The third-order valence-corrected chi connectivity index (χ3v) is 4.20. The Balaban J connectivity index is 2.14. The lowest BCUT2D eigenvalue weighted by molar-refractivity contribution is -0.139. The van der Waals surface area contributed by atoms with Crippen molar-refractivity contribution in [2.45, 2.75) is 6.04 Å². The summed E-state index contributed by atoms with van der Waals surface area (Å²) in [7, 11) is 2.96. The van der Waals surface area contributed by atoms with E-state index in [0.29, 0.717) is 16.9 Å². The number of amides is 1. The summed E-state index contributed by atoms with van der Waals surface area (Å²) in [5, 5.41) is 10.6. The van der Waals surface area contributed by atoms with Gasteiger partial charge in [0.2, 0.25) is 0 Å².